The predicted molar refractivity (Wildman–Crippen MR) is 79.9 cm³/mol. The third-order valence-electron chi connectivity index (χ3n) is 3.92. The number of rotatable bonds is 3. The van der Waals surface area contributed by atoms with Crippen LogP contribution in [-0.4, -0.2) is 17.3 Å². The van der Waals surface area contributed by atoms with Gasteiger partial charge in [-0.2, -0.15) is 5.26 Å². The summed E-state index contributed by atoms with van der Waals surface area (Å²) in [4.78, 5) is 0. The highest BCUT2D eigenvalue weighted by Crippen LogP contribution is 2.32. The van der Waals surface area contributed by atoms with Crippen LogP contribution in [0.2, 0.25) is 0 Å². The Balaban J connectivity index is 1.95. The number of nitriles is 1. The van der Waals surface area contributed by atoms with Crippen LogP contribution in [0.4, 0.5) is 5.69 Å². The average molecular weight is 323 g/mol. The van der Waals surface area contributed by atoms with Crippen molar-refractivity contribution >= 4 is 21.6 Å². The van der Waals surface area contributed by atoms with Crippen LogP contribution in [0, 0.1) is 17.2 Å². The average Bonchev–Trinajstić information content (AvgIpc) is 2.41. The molecule has 1 aliphatic carbocycles. The highest BCUT2D eigenvalue weighted by atomic mass is 79.9. The molecule has 2 rings (SSSR count). The van der Waals surface area contributed by atoms with E-state index < -0.39 is 5.60 Å². The minimum Gasteiger partial charge on any atom is -0.388 e. The lowest BCUT2D eigenvalue weighted by atomic mass is 9.79. The first-order valence-electron chi connectivity index (χ1n) is 6.68. The third kappa shape index (κ3) is 3.71. The first kappa shape index (κ1) is 14.4. The molecule has 0 heterocycles. The van der Waals surface area contributed by atoms with Gasteiger partial charge in [0, 0.05) is 16.7 Å². The number of nitrogens with one attached hydrogen (secondary N) is 1. The summed E-state index contributed by atoms with van der Waals surface area (Å²) in [5, 5.41) is 22.6. The molecule has 4 heteroatoms. The molecule has 0 saturated heterocycles. The summed E-state index contributed by atoms with van der Waals surface area (Å²) in [6.45, 7) is 2.81. The molecule has 19 heavy (non-hydrogen) atoms. The Morgan fingerprint density at radius 3 is 2.74 bits per heavy atom. The maximum absolute atomic E-state index is 10.5. The molecular formula is C15H19BrN2O. The van der Waals surface area contributed by atoms with Gasteiger partial charge in [0.15, 0.2) is 0 Å². The van der Waals surface area contributed by atoms with Crippen molar-refractivity contribution in [1.82, 2.24) is 0 Å². The normalized spacial score (nSPS) is 26.7. The van der Waals surface area contributed by atoms with E-state index in [0.717, 1.165) is 41.8 Å². The topological polar surface area (TPSA) is 56.0 Å². The van der Waals surface area contributed by atoms with E-state index in [1.54, 1.807) is 6.07 Å². The van der Waals surface area contributed by atoms with E-state index in [1.807, 2.05) is 12.1 Å². The molecule has 1 aliphatic rings. The Kier molecular flexibility index (Phi) is 4.49. The summed E-state index contributed by atoms with van der Waals surface area (Å²) in [6.07, 6.45) is 3.90. The molecule has 0 amide bonds. The Labute approximate surface area is 122 Å². The standard InChI is InChI=1S/C15H19BrN2O/c1-11-4-6-15(19,7-5-11)10-18-13-3-2-12(9-17)14(16)8-13/h2-3,8,11,18-19H,4-7,10H2,1H3. The molecule has 102 valence electrons. The van der Waals surface area contributed by atoms with Gasteiger partial charge in [-0.15, -0.1) is 0 Å². The molecule has 0 bridgehead atoms. The fraction of sp³-hybridized carbons (Fsp3) is 0.533. The fourth-order valence-electron chi connectivity index (χ4n) is 2.46. The Morgan fingerprint density at radius 1 is 1.47 bits per heavy atom. The number of nitrogens with zero attached hydrogens (tertiary/aromatic N) is 1. The zero-order chi connectivity index (χ0) is 13.9. The largest absolute Gasteiger partial charge is 0.388 e. The number of halogens is 1. The fourth-order valence-corrected chi connectivity index (χ4v) is 2.93. The highest BCUT2D eigenvalue weighted by Gasteiger charge is 2.31. The van der Waals surface area contributed by atoms with Crippen LogP contribution in [0.15, 0.2) is 22.7 Å². The van der Waals surface area contributed by atoms with E-state index in [-0.39, 0.29) is 0 Å². The second-order valence-electron chi connectivity index (χ2n) is 5.57. The van der Waals surface area contributed by atoms with E-state index >= 15 is 0 Å². The van der Waals surface area contributed by atoms with Crippen molar-refractivity contribution in [3.8, 4) is 6.07 Å². The highest BCUT2D eigenvalue weighted by molar-refractivity contribution is 9.10. The van der Waals surface area contributed by atoms with Crippen molar-refractivity contribution < 1.29 is 5.11 Å². The lowest BCUT2D eigenvalue weighted by Crippen LogP contribution is -2.40. The van der Waals surface area contributed by atoms with Crippen molar-refractivity contribution in [3.05, 3.63) is 28.2 Å². The minimum absolute atomic E-state index is 0.568. The first-order valence-corrected chi connectivity index (χ1v) is 7.48. The molecule has 1 aromatic carbocycles. The summed E-state index contributed by atoms with van der Waals surface area (Å²) in [5.41, 5.74) is 0.959. The zero-order valence-corrected chi connectivity index (χ0v) is 12.7. The predicted octanol–water partition coefficient (Wildman–Crippen LogP) is 3.67. The van der Waals surface area contributed by atoms with Gasteiger partial charge >= 0.3 is 0 Å². The van der Waals surface area contributed by atoms with Crippen LogP contribution >= 0.6 is 15.9 Å². The second-order valence-corrected chi connectivity index (χ2v) is 6.42. The number of hydrogen-bond acceptors (Lipinski definition) is 3. The Bertz CT molecular complexity index is 487. The second kappa shape index (κ2) is 5.94. The summed E-state index contributed by atoms with van der Waals surface area (Å²) in [6, 6.07) is 7.65. The molecule has 1 aromatic rings. The van der Waals surface area contributed by atoms with Gasteiger partial charge in [0.05, 0.1) is 11.2 Å². The monoisotopic (exact) mass is 322 g/mol. The van der Waals surface area contributed by atoms with Gasteiger partial charge in [-0.3, -0.25) is 0 Å². The maximum Gasteiger partial charge on any atom is 0.100 e. The molecule has 0 aliphatic heterocycles. The van der Waals surface area contributed by atoms with Crippen LogP contribution in [0.3, 0.4) is 0 Å². The van der Waals surface area contributed by atoms with Crippen LogP contribution in [0.5, 0.6) is 0 Å². The molecule has 1 saturated carbocycles. The summed E-state index contributed by atoms with van der Waals surface area (Å²) < 4.78 is 0.782. The van der Waals surface area contributed by atoms with Gasteiger partial charge in [-0.25, -0.2) is 0 Å². The maximum atomic E-state index is 10.5. The number of benzene rings is 1. The van der Waals surface area contributed by atoms with Gasteiger partial charge in [0.1, 0.15) is 6.07 Å². The quantitative estimate of drug-likeness (QED) is 0.892. The number of hydrogen-bond donors (Lipinski definition) is 2. The van der Waals surface area contributed by atoms with Crippen molar-refractivity contribution in [1.29, 1.82) is 5.26 Å². The van der Waals surface area contributed by atoms with Crippen molar-refractivity contribution in [2.45, 2.75) is 38.2 Å². The Morgan fingerprint density at radius 2 is 2.16 bits per heavy atom. The summed E-state index contributed by atoms with van der Waals surface area (Å²) in [7, 11) is 0. The van der Waals surface area contributed by atoms with Crippen molar-refractivity contribution in [3.63, 3.8) is 0 Å². The smallest absolute Gasteiger partial charge is 0.100 e. The molecule has 0 aromatic heterocycles. The van der Waals surface area contributed by atoms with Gasteiger partial charge in [-0.05, 0) is 65.7 Å². The minimum atomic E-state index is -0.590. The molecule has 0 atom stereocenters. The van der Waals surface area contributed by atoms with Crippen LogP contribution in [0.25, 0.3) is 0 Å². The lowest BCUT2D eigenvalue weighted by Gasteiger charge is -2.35. The van der Waals surface area contributed by atoms with Crippen LogP contribution < -0.4 is 5.32 Å². The third-order valence-corrected chi connectivity index (χ3v) is 4.57. The van der Waals surface area contributed by atoms with E-state index in [9.17, 15) is 5.11 Å². The zero-order valence-electron chi connectivity index (χ0n) is 11.1. The molecule has 0 unspecified atom stereocenters. The van der Waals surface area contributed by atoms with E-state index in [1.165, 1.54) is 0 Å². The van der Waals surface area contributed by atoms with Gasteiger partial charge < -0.3 is 10.4 Å². The number of aliphatic hydroxyl groups is 1. The molecule has 0 radical (unpaired) electrons. The van der Waals surface area contributed by atoms with Crippen LogP contribution in [0.1, 0.15) is 38.2 Å². The molecule has 1 fully saturated rings. The SMILES string of the molecule is CC1CCC(O)(CNc2ccc(C#N)c(Br)c2)CC1. The summed E-state index contributed by atoms with van der Waals surface area (Å²) in [5.74, 6) is 0.726. The molecular weight excluding hydrogens is 304 g/mol. The Hall–Kier alpha value is -1.05. The van der Waals surface area contributed by atoms with E-state index in [0.29, 0.717) is 12.1 Å². The van der Waals surface area contributed by atoms with Crippen LogP contribution in [-0.2, 0) is 0 Å². The van der Waals surface area contributed by atoms with Gasteiger partial charge in [0.25, 0.3) is 0 Å². The first-order chi connectivity index (χ1) is 9.02. The van der Waals surface area contributed by atoms with Crippen molar-refractivity contribution in [2.24, 2.45) is 5.92 Å². The van der Waals surface area contributed by atoms with E-state index in [2.05, 4.69) is 34.2 Å². The summed E-state index contributed by atoms with van der Waals surface area (Å²) >= 11 is 3.37. The van der Waals surface area contributed by atoms with E-state index in [4.69, 9.17) is 5.26 Å². The van der Waals surface area contributed by atoms with Crippen molar-refractivity contribution in [2.75, 3.05) is 11.9 Å². The number of anilines is 1. The molecule has 0 spiro atoms. The molecule has 2 N–H and O–H groups in total. The molecule has 3 nitrogen and oxygen atoms in total. The van der Waals surface area contributed by atoms with Gasteiger partial charge in [-0.1, -0.05) is 6.92 Å². The lowest BCUT2D eigenvalue weighted by molar-refractivity contribution is 0.00501. The van der Waals surface area contributed by atoms with Gasteiger partial charge in [0.2, 0.25) is 0 Å².